The number of hydrogen-bond donors (Lipinski definition) is 2. The van der Waals surface area contributed by atoms with Gasteiger partial charge >= 0.3 is 0 Å². The maximum Gasteiger partial charge on any atom is 0.238 e. The zero-order valence-corrected chi connectivity index (χ0v) is 12.6. The number of carbonyl (C=O) groups is 1. The predicted octanol–water partition coefficient (Wildman–Crippen LogP) is 1.63. The van der Waals surface area contributed by atoms with Gasteiger partial charge in [-0.1, -0.05) is 13.3 Å². The third-order valence-corrected chi connectivity index (χ3v) is 5.07. The number of rotatable bonds is 6. The Hall–Kier alpha value is -1.70. The molecular formula is C13H18F2N2O3S. The minimum atomic E-state index is -4.47. The van der Waals surface area contributed by atoms with E-state index in [-0.39, 0.29) is 5.69 Å². The fourth-order valence-electron chi connectivity index (χ4n) is 1.70. The van der Waals surface area contributed by atoms with Gasteiger partial charge in [0.15, 0.2) is 9.84 Å². The van der Waals surface area contributed by atoms with E-state index in [1.54, 1.807) is 0 Å². The van der Waals surface area contributed by atoms with Crippen molar-refractivity contribution in [1.82, 2.24) is 5.32 Å². The van der Waals surface area contributed by atoms with Crippen molar-refractivity contribution in [2.75, 3.05) is 12.3 Å². The minimum Gasteiger partial charge on any atom is -0.399 e. The van der Waals surface area contributed by atoms with Gasteiger partial charge in [-0.3, -0.25) is 4.79 Å². The van der Waals surface area contributed by atoms with Crippen molar-refractivity contribution in [3.63, 3.8) is 0 Å². The fraction of sp³-hybridized carbons (Fsp3) is 0.462. The highest BCUT2D eigenvalue weighted by atomic mass is 32.2. The Balaban J connectivity index is 3.08. The molecular weight excluding hydrogens is 302 g/mol. The lowest BCUT2D eigenvalue weighted by Crippen LogP contribution is -2.38. The van der Waals surface area contributed by atoms with E-state index in [0.29, 0.717) is 25.1 Å². The molecule has 1 atom stereocenters. The SMILES string of the molecule is CCCCNC(=O)C(C)S(=O)(=O)c1c(F)cc(N)cc1F. The number of unbranched alkanes of at least 4 members (excludes halogenated alkanes) is 1. The van der Waals surface area contributed by atoms with Gasteiger partial charge in [0.2, 0.25) is 5.91 Å². The van der Waals surface area contributed by atoms with Crippen LogP contribution in [0.25, 0.3) is 0 Å². The third kappa shape index (κ3) is 3.90. The number of nitrogens with one attached hydrogen (secondary N) is 1. The van der Waals surface area contributed by atoms with Crippen molar-refractivity contribution >= 4 is 21.4 Å². The van der Waals surface area contributed by atoms with Gasteiger partial charge in [0, 0.05) is 12.2 Å². The monoisotopic (exact) mass is 320 g/mol. The van der Waals surface area contributed by atoms with E-state index in [1.165, 1.54) is 0 Å². The van der Waals surface area contributed by atoms with Crippen molar-refractivity contribution in [3.8, 4) is 0 Å². The van der Waals surface area contributed by atoms with Crippen molar-refractivity contribution < 1.29 is 22.0 Å². The molecule has 0 aliphatic carbocycles. The average molecular weight is 320 g/mol. The van der Waals surface area contributed by atoms with Crippen LogP contribution in [-0.4, -0.2) is 26.1 Å². The lowest BCUT2D eigenvalue weighted by atomic mass is 10.3. The summed E-state index contributed by atoms with van der Waals surface area (Å²) in [5.41, 5.74) is 5.00. The Bertz CT molecular complexity index is 609. The van der Waals surface area contributed by atoms with E-state index in [1.807, 2.05) is 6.92 Å². The van der Waals surface area contributed by atoms with Crippen LogP contribution in [0.3, 0.4) is 0 Å². The molecule has 8 heteroatoms. The number of amides is 1. The van der Waals surface area contributed by atoms with Crippen LogP contribution >= 0.6 is 0 Å². The lowest BCUT2D eigenvalue weighted by Gasteiger charge is -2.14. The number of anilines is 1. The van der Waals surface area contributed by atoms with Gasteiger partial charge in [-0.05, 0) is 25.5 Å². The highest BCUT2D eigenvalue weighted by Crippen LogP contribution is 2.25. The normalized spacial score (nSPS) is 13.0. The summed E-state index contributed by atoms with van der Waals surface area (Å²) >= 11 is 0. The summed E-state index contributed by atoms with van der Waals surface area (Å²) in [6, 6.07) is 1.41. The van der Waals surface area contributed by atoms with Crippen LogP contribution in [-0.2, 0) is 14.6 Å². The molecule has 5 nitrogen and oxygen atoms in total. The van der Waals surface area contributed by atoms with Crippen molar-refractivity contribution in [2.45, 2.75) is 36.8 Å². The maximum atomic E-state index is 13.7. The van der Waals surface area contributed by atoms with Gasteiger partial charge in [-0.15, -0.1) is 0 Å². The summed E-state index contributed by atoms with van der Waals surface area (Å²) in [4.78, 5) is 10.6. The Morgan fingerprint density at radius 2 is 1.86 bits per heavy atom. The molecule has 0 bridgehead atoms. The molecule has 1 amide bonds. The second-order valence-electron chi connectivity index (χ2n) is 4.65. The van der Waals surface area contributed by atoms with Crippen LogP contribution in [0.4, 0.5) is 14.5 Å². The molecule has 0 aromatic heterocycles. The summed E-state index contributed by atoms with van der Waals surface area (Å²) < 4.78 is 51.8. The highest BCUT2D eigenvalue weighted by molar-refractivity contribution is 7.92. The quantitative estimate of drug-likeness (QED) is 0.616. The number of benzene rings is 1. The molecule has 0 saturated carbocycles. The first-order valence-electron chi connectivity index (χ1n) is 6.48. The van der Waals surface area contributed by atoms with Crippen LogP contribution in [0, 0.1) is 11.6 Å². The molecule has 1 aromatic rings. The summed E-state index contributed by atoms with van der Waals surface area (Å²) in [5, 5.41) is 0.826. The third-order valence-electron chi connectivity index (χ3n) is 2.97. The van der Waals surface area contributed by atoms with E-state index in [2.05, 4.69) is 5.32 Å². The molecule has 0 aliphatic rings. The van der Waals surface area contributed by atoms with Gasteiger partial charge in [-0.2, -0.15) is 0 Å². The summed E-state index contributed by atoms with van der Waals surface area (Å²) in [7, 11) is -4.47. The highest BCUT2D eigenvalue weighted by Gasteiger charge is 2.34. The molecule has 1 aromatic carbocycles. The Morgan fingerprint density at radius 3 is 2.33 bits per heavy atom. The molecule has 0 fully saturated rings. The van der Waals surface area contributed by atoms with Gasteiger partial charge in [-0.25, -0.2) is 17.2 Å². The largest absolute Gasteiger partial charge is 0.399 e. The number of nitrogens with two attached hydrogens (primary N) is 1. The first-order chi connectivity index (χ1) is 9.71. The van der Waals surface area contributed by atoms with E-state index < -0.39 is 37.5 Å². The van der Waals surface area contributed by atoms with Crippen LogP contribution in [0.15, 0.2) is 17.0 Å². The minimum absolute atomic E-state index is 0.232. The molecule has 21 heavy (non-hydrogen) atoms. The van der Waals surface area contributed by atoms with Crippen LogP contribution < -0.4 is 11.1 Å². The molecule has 0 radical (unpaired) electrons. The molecule has 0 saturated heterocycles. The number of sulfone groups is 1. The van der Waals surface area contributed by atoms with Crippen molar-refractivity contribution in [2.24, 2.45) is 0 Å². The topological polar surface area (TPSA) is 89.3 Å². The van der Waals surface area contributed by atoms with Gasteiger partial charge in [0.1, 0.15) is 21.8 Å². The summed E-state index contributed by atoms with van der Waals surface area (Å²) in [6.07, 6.45) is 1.51. The first kappa shape index (κ1) is 17.4. The van der Waals surface area contributed by atoms with Crippen LogP contribution in [0.1, 0.15) is 26.7 Å². The first-order valence-corrected chi connectivity index (χ1v) is 8.02. The van der Waals surface area contributed by atoms with E-state index in [9.17, 15) is 22.0 Å². The maximum absolute atomic E-state index is 13.7. The predicted molar refractivity (Wildman–Crippen MR) is 75.3 cm³/mol. The molecule has 3 N–H and O–H groups in total. The van der Waals surface area contributed by atoms with Crippen LogP contribution in [0.2, 0.25) is 0 Å². The average Bonchev–Trinajstić information content (AvgIpc) is 2.36. The molecule has 118 valence electrons. The second-order valence-corrected chi connectivity index (χ2v) is 6.85. The standard InChI is InChI=1S/C13H18F2N2O3S/c1-3-4-5-17-13(18)8(2)21(19,20)12-10(14)6-9(16)7-11(12)15/h6-8H,3-5,16H2,1-2H3,(H,17,18). The Kier molecular flexibility index (Phi) is 5.65. The van der Waals surface area contributed by atoms with Gasteiger partial charge < -0.3 is 11.1 Å². The smallest absolute Gasteiger partial charge is 0.238 e. The summed E-state index contributed by atoms with van der Waals surface area (Å²) in [5.74, 6) is -3.40. The number of halogens is 2. The Morgan fingerprint density at radius 1 is 1.33 bits per heavy atom. The zero-order chi connectivity index (χ0) is 16.2. The van der Waals surface area contributed by atoms with Gasteiger partial charge in [0.25, 0.3) is 0 Å². The van der Waals surface area contributed by atoms with Crippen LogP contribution in [0.5, 0.6) is 0 Å². The second kappa shape index (κ2) is 6.84. The summed E-state index contributed by atoms with van der Waals surface area (Å²) in [6.45, 7) is 3.30. The molecule has 0 aliphatic heterocycles. The van der Waals surface area contributed by atoms with Gasteiger partial charge in [0.05, 0.1) is 0 Å². The van der Waals surface area contributed by atoms with E-state index >= 15 is 0 Å². The number of carbonyl (C=O) groups excluding carboxylic acids is 1. The molecule has 1 unspecified atom stereocenters. The lowest BCUT2D eigenvalue weighted by molar-refractivity contribution is -0.120. The van der Waals surface area contributed by atoms with E-state index in [0.717, 1.165) is 13.3 Å². The number of nitrogen functional groups attached to an aromatic ring is 1. The number of hydrogen-bond acceptors (Lipinski definition) is 4. The Labute approximate surface area is 122 Å². The fourth-order valence-corrected chi connectivity index (χ4v) is 3.08. The molecule has 0 spiro atoms. The zero-order valence-electron chi connectivity index (χ0n) is 11.8. The molecule has 1 rings (SSSR count). The molecule has 0 heterocycles. The van der Waals surface area contributed by atoms with Crippen molar-refractivity contribution in [1.29, 1.82) is 0 Å². The van der Waals surface area contributed by atoms with Crippen molar-refractivity contribution in [3.05, 3.63) is 23.8 Å². The van der Waals surface area contributed by atoms with E-state index in [4.69, 9.17) is 5.73 Å².